The maximum absolute atomic E-state index is 13.9. The van der Waals surface area contributed by atoms with Crippen molar-refractivity contribution in [2.24, 2.45) is 0 Å². The number of benzene rings is 2. The summed E-state index contributed by atoms with van der Waals surface area (Å²) in [6.07, 6.45) is 8.15. The molecule has 0 aliphatic heterocycles. The number of rotatable bonds is 9. The molecule has 2 aromatic carbocycles. The summed E-state index contributed by atoms with van der Waals surface area (Å²) < 4.78 is 13.9. The van der Waals surface area contributed by atoms with E-state index in [4.69, 9.17) is 0 Å². The van der Waals surface area contributed by atoms with Gasteiger partial charge in [-0.15, -0.1) is 0 Å². The van der Waals surface area contributed by atoms with Gasteiger partial charge in [0.15, 0.2) is 0 Å². The summed E-state index contributed by atoms with van der Waals surface area (Å²) in [5, 5.41) is 2.01. The molecule has 2 rings (SSSR count). The fraction of sp³-hybridized carbons (Fsp3) is 0.455. The molecule has 0 fully saturated rings. The normalized spacial score (nSPS) is 11.6. The molecular formula is C22H31OP. The van der Waals surface area contributed by atoms with E-state index in [1.807, 2.05) is 0 Å². The van der Waals surface area contributed by atoms with Crippen LogP contribution in [0, 0.1) is 13.8 Å². The third-order valence-electron chi connectivity index (χ3n) is 4.73. The molecule has 24 heavy (non-hydrogen) atoms. The van der Waals surface area contributed by atoms with Crippen molar-refractivity contribution in [3.05, 3.63) is 59.7 Å². The van der Waals surface area contributed by atoms with E-state index in [1.165, 1.54) is 43.2 Å². The van der Waals surface area contributed by atoms with Crippen molar-refractivity contribution in [2.45, 2.75) is 59.3 Å². The van der Waals surface area contributed by atoms with E-state index in [0.717, 1.165) is 23.2 Å². The molecule has 0 radical (unpaired) electrons. The van der Waals surface area contributed by atoms with Crippen LogP contribution in [0.15, 0.2) is 48.5 Å². The zero-order chi connectivity index (χ0) is 17.4. The molecule has 0 heterocycles. The fourth-order valence-electron chi connectivity index (χ4n) is 3.09. The van der Waals surface area contributed by atoms with Crippen LogP contribution in [0.25, 0.3) is 0 Å². The molecule has 0 aliphatic rings. The number of unbranched alkanes of at least 4 members (excludes halogenated alkanes) is 5. The summed E-state index contributed by atoms with van der Waals surface area (Å²) in [5.74, 6) is 0. The van der Waals surface area contributed by atoms with Crippen LogP contribution in [-0.4, -0.2) is 6.16 Å². The third kappa shape index (κ3) is 5.08. The Morgan fingerprint density at radius 3 is 1.54 bits per heavy atom. The molecule has 0 bridgehead atoms. The molecule has 0 saturated carbocycles. The van der Waals surface area contributed by atoms with E-state index >= 15 is 0 Å². The first kappa shape index (κ1) is 19.0. The van der Waals surface area contributed by atoms with Crippen LogP contribution in [0.4, 0.5) is 0 Å². The molecule has 0 aliphatic carbocycles. The van der Waals surface area contributed by atoms with Crippen LogP contribution in [0.3, 0.4) is 0 Å². The number of hydrogen-bond acceptors (Lipinski definition) is 1. The minimum atomic E-state index is -2.52. The first-order valence-corrected chi connectivity index (χ1v) is 11.2. The average Bonchev–Trinajstić information content (AvgIpc) is 2.59. The van der Waals surface area contributed by atoms with Crippen molar-refractivity contribution in [3.8, 4) is 0 Å². The Bertz CT molecular complexity index is 606. The SMILES string of the molecule is CCCCCCCCP(=O)(c1ccc(C)cc1)c1ccc(C)cc1. The smallest absolute Gasteiger partial charge is 0.143 e. The van der Waals surface area contributed by atoms with Gasteiger partial charge in [0, 0.05) is 16.8 Å². The van der Waals surface area contributed by atoms with E-state index in [-0.39, 0.29) is 0 Å². The molecule has 0 aromatic heterocycles. The van der Waals surface area contributed by atoms with Gasteiger partial charge in [0.05, 0.1) is 0 Å². The number of aryl methyl sites for hydroxylation is 2. The lowest BCUT2D eigenvalue weighted by atomic mass is 10.1. The Hall–Kier alpha value is -1.33. The standard InChI is InChI=1S/C22H31OP/c1-4-5-6-7-8-9-18-24(23,21-14-10-19(2)11-15-21)22-16-12-20(3)13-17-22/h10-17H,4-9,18H2,1-3H3. The van der Waals surface area contributed by atoms with Crippen LogP contribution in [0.2, 0.25) is 0 Å². The topological polar surface area (TPSA) is 17.1 Å². The van der Waals surface area contributed by atoms with Gasteiger partial charge in [-0.1, -0.05) is 98.7 Å². The molecule has 0 atom stereocenters. The Morgan fingerprint density at radius 1 is 0.667 bits per heavy atom. The number of hydrogen-bond donors (Lipinski definition) is 0. The predicted molar refractivity (Wildman–Crippen MR) is 107 cm³/mol. The maximum atomic E-state index is 13.9. The van der Waals surface area contributed by atoms with Crippen LogP contribution in [0.1, 0.15) is 56.6 Å². The monoisotopic (exact) mass is 342 g/mol. The van der Waals surface area contributed by atoms with Gasteiger partial charge in [-0.05, 0) is 20.3 Å². The molecule has 1 nitrogen and oxygen atoms in total. The van der Waals surface area contributed by atoms with Crippen LogP contribution in [-0.2, 0) is 4.57 Å². The van der Waals surface area contributed by atoms with Crippen LogP contribution in [0.5, 0.6) is 0 Å². The molecule has 0 unspecified atom stereocenters. The molecule has 0 saturated heterocycles. The summed E-state index contributed by atoms with van der Waals surface area (Å²) in [6.45, 7) is 6.39. The van der Waals surface area contributed by atoms with E-state index in [9.17, 15) is 4.57 Å². The van der Waals surface area contributed by atoms with Crippen molar-refractivity contribution in [1.29, 1.82) is 0 Å². The maximum Gasteiger partial charge on any atom is 0.143 e. The highest BCUT2D eigenvalue weighted by Gasteiger charge is 2.26. The minimum absolute atomic E-state index is 0.783. The van der Waals surface area contributed by atoms with E-state index in [0.29, 0.717) is 0 Å². The summed E-state index contributed by atoms with van der Waals surface area (Å²) in [5.41, 5.74) is 2.43. The highest BCUT2D eigenvalue weighted by Crippen LogP contribution is 2.44. The Morgan fingerprint density at radius 2 is 1.08 bits per heavy atom. The van der Waals surface area contributed by atoms with Crippen LogP contribution >= 0.6 is 7.14 Å². The summed E-state index contributed by atoms with van der Waals surface area (Å²) >= 11 is 0. The first-order valence-electron chi connectivity index (χ1n) is 9.30. The quantitative estimate of drug-likeness (QED) is 0.405. The van der Waals surface area contributed by atoms with Gasteiger partial charge in [0.2, 0.25) is 0 Å². The van der Waals surface area contributed by atoms with Crippen molar-refractivity contribution in [2.75, 3.05) is 6.16 Å². The summed E-state index contributed by atoms with van der Waals surface area (Å²) in [7, 11) is -2.52. The first-order chi connectivity index (χ1) is 11.6. The Balaban J connectivity index is 2.16. The van der Waals surface area contributed by atoms with E-state index in [1.54, 1.807) is 0 Å². The highest BCUT2D eigenvalue weighted by atomic mass is 31.2. The molecule has 0 N–H and O–H groups in total. The van der Waals surface area contributed by atoms with Crippen molar-refractivity contribution >= 4 is 17.8 Å². The highest BCUT2D eigenvalue weighted by molar-refractivity contribution is 7.78. The van der Waals surface area contributed by atoms with Gasteiger partial charge in [0.25, 0.3) is 0 Å². The van der Waals surface area contributed by atoms with Gasteiger partial charge in [-0.25, -0.2) is 0 Å². The molecule has 130 valence electrons. The molecule has 2 heteroatoms. The van der Waals surface area contributed by atoms with Gasteiger partial charge < -0.3 is 4.57 Å². The Labute approximate surface area is 147 Å². The van der Waals surface area contributed by atoms with Gasteiger partial charge in [-0.2, -0.15) is 0 Å². The van der Waals surface area contributed by atoms with Crippen molar-refractivity contribution in [3.63, 3.8) is 0 Å². The largest absolute Gasteiger partial charge is 0.314 e. The minimum Gasteiger partial charge on any atom is -0.314 e. The predicted octanol–water partition coefficient (Wildman–Crippen LogP) is 5.98. The molecular weight excluding hydrogens is 311 g/mol. The van der Waals surface area contributed by atoms with Gasteiger partial charge in [0.1, 0.15) is 7.14 Å². The zero-order valence-corrected chi connectivity index (χ0v) is 16.3. The van der Waals surface area contributed by atoms with E-state index in [2.05, 4.69) is 69.3 Å². The fourth-order valence-corrected chi connectivity index (χ4v) is 5.84. The second kappa shape index (κ2) is 9.23. The Kier molecular flexibility index (Phi) is 7.31. The average molecular weight is 342 g/mol. The molecule has 0 spiro atoms. The van der Waals surface area contributed by atoms with Crippen LogP contribution < -0.4 is 10.6 Å². The van der Waals surface area contributed by atoms with Gasteiger partial charge in [-0.3, -0.25) is 0 Å². The molecule has 0 amide bonds. The van der Waals surface area contributed by atoms with Crippen molar-refractivity contribution in [1.82, 2.24) is 0 Å². The second-order valence-electron chi connectivity index (χ2n) is 6.90. The lowest BCUT2D eigenvalue weighted by molar-refractivity contribution is 0.580. The lowest BCUT2D eigenvalue weighted by Gasteiger charge is -2.20. The second-order valence-corrected chi connectivity index (χ2v) is 9.86. The van der Waals surface area contributed by atoms with E-state index < -0.39 is 7.14 Å². The summed E-state index contributed by atoms with van der Waals surface area (Å²) in [6, 6.07) is 16.6. The summed E-state index contributed by atoms with van der Waals surface area (Å²) in [4.78, 5) is 0. The third-order valence-corrected chi connectivity index (χ3v) is 7.94. The molecule has 2 aromatic rings. The van der Waals surface area contributed by atoms with Gasteiger partial charge >= 0.3 is 0 Å². The zero-order valence-electron chi connectivity index (χ0n) is 15.4. The van der Waals surface area contributed by atoms with Crippen molar-refractivity contribution < 1.29 is 4.57 Å². The lowest BCUT2D eigenvalue weighted by Crippen LogP contribution is -2.18.